The molecule has 0 aromatic heterocycles. The van der Waals surface area contributed by atoms with Gasteiger partial charge in [0.25, 0.3) is 0 Å². The van der Waals surface area contributed by atoms with Crippen LogP contribution in [0.25, 0.3) is 0 Å². The Bertz CT molecular complexity index is 273. The SMILES string of the molecule is COCCNCC1CCCCN1C1CCOC1=O. The van der Waals surface area contributed by atoms with E-state index in [0.717, 1.165) is 32.7 Å². The zero-order chi connectivity index (χ0) is 12.8. The van der Waals surface area contributed by atoms with Crippen LogP contribution in [0.4, 0.5) is 0 Å². The number of methoxy groups -OCH3 is 1. The predicted molar refractivity (Wildman–Crippen MR) is 68.5 cm³/mol. The summed E-state index contributed by atoms with van der Waals surface area (Å²) in [6.45, 7) is 4.15. The van der Waals surface area contributed by atoms with Crippen molar-refractivity contribution in [1.29, 1.82) is 0 Å². The molecule has 2 rings (SSSR count). The van der Waals surface area contributed by atoms with Gasteiger partial charge in [-0.3, -0.25) is 9.69 Å². The number of likely N-dealkylation sites (tertiary alicyclic amines) is 1. The van der Waals surface area contributed by atoms with Gasteiger partial charge >= 0.3 is 5.97 Å². The van der Waals surface area contributed by atoms with E-state index < -0.39 is 0 Å². The van der Waals surface area contributed by atoms with E-state index >= 15 is 0 Å². The van der Waals surface area contributed by atoms with Crippen molar-refractivity contribution in [2.75, 3.05) is 40.0 Å². The van der Waals surface area contributed by atoms with Gasteiger partial charge in [-0.25, -0.2) is 0 Å². The molecule has 0 saturated carbocycles. The third-order valence-electron chi connectivity index (χ3n) is 3.84. The molecule has 2 unspecified atom stereocenters. The van der Waals surface area contributed by atoms with E-state index in [9.17, 15) is 4.79 Å². The van der Waals surface area contributed by atoms with Crippen molar-refractivity contribution >= 4 is 5.97 Å². The standard InChI is InChI=1S/C13H24N2O3/c1-17-9-6-14-10-11-4-2-3-7-15(11)12-5-8-18-13(12)16/h11-12,14H,2-10H2,1H3. The van der Waals surface area contributed by atoms with Crippen molar-refractivity contribution in [2.45, 2.75) is 37.8 Å². The second kappa shape index (κ2) is 7.07. The minimum Gasteiger partial charge on any atom is -0.464 e. The highest BCUT2D eigenvalue weighted by atomic mass is 16.5. The van der Waals surface area contributed by atoms with Crippen LogP contribution in [0.5, 0.6) is 0 Å². The number of nitrogens with zero attached hydrogens (tertiary/aromatic N) is 1. The van der Waals surface area contributed by atoms with Gasteiger partial charge in [0.05, 0.1) is 13.2 Å². The molecule has 2 heterocycles. The molecule has 0 aromatic carbocycles. The molecular weight excluding hydrogens is 232 g/mol. The lowest BCUT2D eigenvalue weighted by molar-refractivity contribution is -0.143. The zero-order valence-electron chi connectivity index (χ0n) is 11.2. The molecule has 0 aliphatic carbocycles. The molecule has 0 amide bonds. The first kappa shape index (κ1) is 13.8. The van der Waals surface area contributed by atoms with E-state index in [1.165, 1.54) is 19.3 Å². The number of hydrogen-bond donors (Lipinski definition) is 1. The fourth-order valence-corrected chi connectivity index (χ4v) is 2.88. The van der Waals surface area contributed by atoms with Crippen molar-refractivity contribution in [3.8, 4) is 0 Å². The first-order chi connectivity index (χ1) is 8.83. The van der Waals surface area contributed by atoms with Crippen LogP contribution >= 0.6 is 0 Å². The molecule has 2 saturated heterocycles. The number of hydrogen-bond acceptors (Lipinski definition) is 5. The lowest BCUT2D eigenvalue weighted by Crippen LogP contribution is -2.52. The summed E-state index contributed by atoms with van der Waals surface area (Å²) in [4.78, 5) is 14.0. The van der Waals surface area contributed by atoms with Crippen molar-refractivity contribution in [3.05, 3.63) is 0 Å². The normalized spacial score (nSPS) is 29.5. The lowest BCUT2D eigenvalue weighted by Gasteiger charge is -2.38. The Morgan fingerprint density at radius 3 is 3.06 bits per heavy atom. The smallest absolute Gasteiger partial charge is 0.323 e. The summed E-state index contributed by atoms with van der Waals surface area (Å²) in [7, 11) is 1.71. The molecular formula is C13H24N2O3. The van der Waals surface area contributed by atoms with Crippen LogP contribution in [0.3, 0.4) is 0 Å². The first-order valence-corrected chi connectivity index (χ1v) is 6.95. The molecule has 0 spiro atoms. The summed E-state index contributed by atoms with van der Waals surface area (Å²) in [6.07, 6.45) is 4.48. The molecule has 1 N–H and O–H groups in total. The molecule has 104 valence electrons. The second-order valence-electron chi connectivity index (χ2n) is 5.06. The molecule has 0 bridgehead atoms. The van der Waals surface area contributed by atoms with Crippen molar-refractivity contribution < 1.29 is 14.3 Å². The maximum atomic E-state index is 11.7. The fraction of sp³-hybridized carbons (Fsp3) is 0.923. The predicted octanol–water partition coefficient (Wildman–Crippen LogP) is 0.392. The Hall–Kier alpha value is -0.650. The minimum absolute atomic E-state index is 0.000440. The zero-order valence-corrected chi connectivity index (χ0v) is 11.2. The van der Waals surface area contributed by atoms with Crippen LogP contribution < -0.4 is 5.32 Å². The summed E-state index contributed by atoms with van der Waals surface area (Å²) in [5.74, 6) is -0.0289. The highest BCUT2D eigenvalue weighted by Crippen LogP contribution is 2.24. The van der Waals surface area contributed by atoms with Crippen LogP contribution in [0.15, 0.2) is 0 Å². The highest BCUT2D eigenvalue weighted by Gasteiger charge is 2.36. The summed E-state index contributed by atoms with van der Waals surface area (Å²) >= 11 is 0. The molecule has 0 radical (unpaired) electrons. The van der Waals surface area contributed by atoms with Crippen molar-refractivity contribution in [2.24, 2.45) is 0 Å². The van der Waals surface area contributed by atoms with E-state index in [2.05, 4.69) is 10.2 Å². The van der Waals surface area contributed by atoms with E-state index in [0.29, 0.717) is 12.6 Å². The van der Waals surface area contributed by atoms with Gasteiger partial charge in [-0.15, -0.1) is 0 Å². The number of rotatable bonds is 6. The van der Waals surface area contributed by atoms with Crippen LogP contribution in [-0.4, -0.2) is 62.9 Å². The fourth-order valence-electron chi connectivity index (χ4n) is 2.88. The quantitative estimate of drug-likeness (QED) is 0.550. The van der Waals surface area contributed by atoms with Gasteiger partial charge in [0.15, 0.2) is 0 Å². The molecule has 0 aromatic rings. The summed E-state index contributed by atoms with van der Waals surface area (Å²) in [5.41, 5.74) is 0. The number of esters is 1. The highest BCUT2D eigenvalue weighted by molar-refractivity contribution is 5.77. The molecule has 5 heteroatoms. The second-order valence-corrected chi connectivity index (χ2v) is 5.06. The summed E-state index contributed by atoms with van der Waals surface area (Å²) in [6, 6.07) is 0.464. The number of carbonyl (C=O) groups excluding carboxylic acids is 1. The van der Waals surface area contributed by atoms with Crippen LogP contribution in [0.1, 0.15) is 25.7 Å². The lowest BCUT2D eigenvalue weighted by atomic mass is 9.99. The Morgan fingerprint density at radius 1 is 1.44 bits per heavy atom. The number of nitrogens with one attached hydrogen (secondary N) is 1. The summed E-state index contributed by atoms with van der Waals surface area (Å²) < 4.78 is 10.1. The third kappa shape index (κ3) is 3.43. The molecule has 18 heavy (non-hydrogen) atoms. The largest absolute Gasteiger partial charge is 0.464 e. The maximum Gasteiger partial charge on any atom is 0.323 e. The maximum absolute atomic E-state index is 11.7. The number of ether oxygens (including phenoxy) is 2. The Kier molecular flexibility index (Phi) is 5.41. The third-order valence-corrected chi connectivity index (χ3v) is 3.84. The topological polar surface area (TPSA) is 50.8 Å². The first-order valence-electron chi connectivity index (χ1n) is 6.95. The van der Waals surface area contributed by atoms with Gasteiger partial charge in [-0.05, 0) is 19.4 Å². The molecule has 2 aliphatic rings. The van der Waals surface area contributed by atoms with Crippen LogP contribution in [0, 0.1) is 0 Å². The van der Waals surface area contributed by atoms with E-state index in [-0.39, 0.29) is 12.0 Å². The van der Waals surface area contributed by atoms with Crippen molar-refractivity contribution in [3.63, 3.8) is 0 Å². The molecule has 2 fully saturated rings. The van der Waals surface area contributed by atoms with Crippen molar-refractivity contribution in [1.82, 2.24) is 10.2 Å². The average Bonchev–Trinajstić information content (AvgIpc) is 2.81. The van der Waals surface area contributed by atoms with Gasteiger partial charge in [0.1, 0.15) is 6.04 Å². The Morgan fingerprint density at radius 2 is 2.33 bits per heavy atom. The minimum atomic E-state index is -0.0289. The van der Waals surface area contributed by atoms with Gasteiger partial charge in [0, 0.05) is 32.7 Å². The molecule has 2 atom stereocenters. The Balaban J connectivity index is 1.83. The monoisotopic (exact) mass is 256 g/mol. The summed E-state index contributed by atoms with van der Waals surface area (Å²) in [5, 5.41) is 3.41. The van der Waals surface area contributed by atoms with E-state index in [4.69, 9.17) is 9.47 Å². The van der Waals surface area contributed by atoms with Crippen LogP contribution in [-0.2, 0) is 14.3 Å². The van der Waals surface area contributed by atoms with Gasteiger partial charge in [-0.1, -0.05) is 6.42 Å². The van der Waals surface area contributed by atoms with Gasteiger partial charge in [-0.2, -0.15) is 0 Å². The van der Waals surface area contributed by atoms with Gasteiger partial charge in [0.2, 0.25) is 0 Å². The van der Waals surface area contributed by atoms with Gasteiger partial charge < -0.3 is 14.8 Å². The number of piperidine rings is 1. The molecule has 2 aliphatic heterocycles. The number of carbonyl (C=O) groups is 1. The molecule has 5 nitrogen and oxygen atoms in total. The Labute approximate surface area is 109 Å². The van der Waals surface area contributed by atoms with E-state index in [1.807, 2.05) is 0 Å². The number of cyclic esters (lactones) is 1. The average molecular weight is 256 g/mol. The van der Waals surface area contributed by atoms with Crippen LogP contribution in [0.2, 0.25) is 0 Å². The van der Waals surface area contributed by atoms with E-state index in [1.54, 1.807) is 7.11 Å².